The number of alkyl halides is 6. The van der Waals surface area contributed by atoms with Crippen LogP contribution in [0.1, 0.15) is 19.3 Å². The van der Waals surface area contributed by atoms with Gasteiger partial charge in [-0.15, -0.1) is 0 Å². The van der Waals surface area contributed by atoms with Crippen molar-refractivity contribution in [2.24, 2.45) is 0 Å². The lowest BCUT2D eigenvalue weighted by Gasteiger charge is -2.30. The summed E-state index contributed by atoms with van der Waals surface area (Å²) >= 11 is 0. The van der Waals surface area contributed by atoms with E-state index in [9.17, 15) is 31.1 Å². The smallest absolute Gasteiger partial charge is 0.402 e. The number of aliphatic carboxylic acids is 1. The van der Waals surface area contributed by atoms with Crippen molar-refractivity contribution in [3.63, 3.8) is 0 Å². The topological polar surface area (TPSA) is 137 Å². The molecule has 0 bridgehead atoms. The van der Waals surface area contributed by atoms with Gasteiger partial charge in [0.2, 0.25) is 0 Å². The van der Waals surface area contributed by atoms with Crippen LogP contribution in [0.5, 0.6) is 0 Å². The Hall–Kier alpha value is -0.490. The normalized spacial score (nSPS) is 16.4. The molecule has 1 unspecified atom stereocenters. The molecule has 0 aromatic heterocycles. The molecule has 0 radical (unpaired) electrons. The molecule has 0 heterocycles. The summed E-state index contributed by atoms with van der Waals surface area (Å²) in [5.74, 6) is -5.93. The lowest BCUT2D eigenvalue weighted by molar-refractivity contribution is -0.146. The van der Waals surface area contributed by atoms with E-state index < -0.39 is 70.7 Å². The SMILES string of the molecule is O=C(O)C(CCCCOS(O)(O)CC(F)(F)F)OS(O)(O)CC(F)(F)F. The Morgan fingerprint density at radius 3 is 1.77 bits per heavy atom. The summed E-state index contributed by atoms with van der Waals surface area (Å²) in [5, 5.41) is 8.80. The monoisotopic (exact) mass is 444 g/mol. The minimum atomic E-state index is -5.01. The van der Waals surface area contributed by atoms with E-state index in [1.807, 2.05) is 0 Å². The van der Waals surface area contributed by atoms with E-state index in [1.165, 1.54) is 0 Å². The quantitative estimate of drug-likeness (QED) is 0.237. The zero-order valence-corrected chi connectivity index (χ0v) is 14.5. The molecule has 160 valence electrons. The molecule has 0 saturated carbocycles. The second kappa shape index (κ2) is 9.63. The summed E-state index contributed by atoms with van der Waals surface area (Å²) in [7, 11) is -9.09. The summed E-state index contributed by atoms with van der Waals surface area (Å²) in [4.78, 5) is 10.9. The van der Waals surface area contributed by atoms with Gasteiger partial charge in [0.1, 0.15) is 11.5 Å². The molecule has 0 aliphatic rings. The van der Waals surface area contributed by atoms with Gasteiger partial charge in [0.05, 0.1) is 28.3 Å². The van der Waals surface area contributed by atoms with Crippen LogP contribution in [-0.2, 0) is 13.2 Å². The zero-order chi connectivity index (χ0) is 20.8. The summed E-state index contributed by atoms with van der Waals surface area (Å²) in [6.07, 6.45) is -12.8. The number of carbonyl (C=O) groups is 1. The second-order valence-electron chi connectivity index (χ2n) is 4.97. The van der Waals surface area contributed by atoms with Crippen LogP contribution >= 0.6 is 21.7 Å². The zero-order valence-electron chi connectivity index (χ0n) is 12.9. The van der Waals surface area contributed by atoms with Gasteiger partial charge in [0.15, 0.2) is 6.10 Å². The van der Waals surface area contributed by atoms with Crippen molar-refractivity contribution in [1.82, 2.24) is 0 Å². The maximum atomic E-state index is 12.1. The summed E-state index contributed by atoms with van der Waals surface area (Å²) in [6.45, 7) is -0.608. The summed E-state index contributed by atoms with van der Waals surface area (Å²) < 4.78 is 117. The van der Waals surface area contributed by atoms with E-state index in [4.69, 9.17) is 23.3 Å². The highest BCUT2D eigenvalue weighted by molar-refractivity contribution is 8.20. The fourth-order valence-corrected chi connectivity index (χ4v) is 3.46. The largest absolute Gasteiger partial charge is 0.479 e. The van der Waals surface area contributed by atoms with Crippen LogP contribution < -0.4 is 0 Å². The van der Waals surface area contributed by atoms with Gasteiger partial charge in [-0.2, -0.15) is 26.3 Å². The molecule has 0 rings (SSSR count). The van der Waals surface area contributed by atoms with Crippen molar-refractivity contribution in [2.75, 3.05) is 18.1 Å². The van der Waals surface area contributed by atoms with Crippen molar-refractivity contribution in [3.05, 3.63) is 0 Å². The predicted molar refractivity (Wildman–Crippen MR) is 79.9 cm³/mol. The van der Waals surface area contributed by atoms with Crippen molar-refractivity contribution in [1.29, 1.82) is 0 Å². The van der Waals surface area contributed by atoms with E-state index in [2.05, 4.69) is 8.37 Å². The molecule has 0 aliphatic carbocycles. The molecule has 0 aromatic carbocycles. The molecule has 0 amide bonds. The van der Waals surface area contributed by atoms with Crippen LogP contribution in [0.25, 0.3) is 0 Å². The second-order valence-corrected chi connectivity index (χ2v) is 8.41. The average Bonchev–Trinajstić information content (AvgIpc) is 2.30. The molecule has 0 fully saturated rings. The molecule has 0 spiro atoms. The number of hydrogen-bond acceptors (Lipinski definition) is 7. The molecule has 1 atom stereocenters. The number of halogens is 6. The molecule has 0 saturated heterocycles. The van der Waals surface area contributed by atoms with E-state index in [0.717, 1.165) is 0 Å². The highest BCUT2D eigenvalue weighted by atomic mass is 32.3. The summed E-state index contributed by atoms with van der Waals surface area (Å²) in [6, 6.07) is 0. The maximum absolute atomic E-state index is 12.1. The minimum Gasteiger partial charge on any atom is -0.479 e. The minimum absolute atomic E-state index is 0.194. The van der Waals surface area contributed by atoms with Crippen molar-refractivity contribution in [3.8, 4) is 0 Å². The lowest BCUT2D eigenvalue weighted by Crippen LogP contribution is -2.30. The van der Waals surface area contributed by atoms with E-state index in [1.54, 1.807) is 0 Å². The first-order chi connectivity index (χ1) is 11.4. The lowest BCUT2D eigenvalue weighted by atomic mass is 10.1. The van der Waals surface area contributed by atoms with Crippen LogP contribution in [0.15, 0.2) is 0 Å². The Bertz CT molecular complexity index is 456. The van der Waals surface area contributed by atoms with Gasteiger partial charge in [-0.25, -0.2) is 4.79 Å². The molecule has 26 heavy (non-hydrogen) atoms. The first-order valence-electron chi connectivity index (χ1n) is 6.63. The summed E-state index contributed by atoms with van der Waals surface area (Å²) in [5.41, 5.74) is 0. The molecule has 0 aromatic rings. The van der Waals surface area contributed by atoms with Gasteiger partial charge in [-0.05, 0) is 19.3 Å². The number of carboxylic acid groups (broad SMARTS) is 1. The van der Waals surface area contributed by atoms with Crippen LogP contribution in [0.3, 0.4) is 0 Å². The first kappa shape index (κ1) is 25.5. The molecule has 5 N–H and O–H groups in total. The van der Waals surface area contributed by atoms with Gasteiger partial charge < -0.3 is 23.3 Å². The molecular weight excluding hydrogens is 426 g/mol. The molecule has 16 heteroatoms. The standard InChI is InChI=1S/C10H18F6O8S2/c11-9(12,13)5-25(19,20)23-4-2-1-3-7(8(17)18)24-26(21,22)6-10(14,15)16/h7,19-22H,1-6H2,(H,17,18). The van der Waals surface area contributed by atoms with E-state index in [0.29, 0.717) is 0 Å². The van der Waals surface area contributed by atoms with Gasteiger partial charge in [0.25, 0.3) is 0 Å². The van der Waals surface area contributed by atoms with E-state index in [-0.39, 0.29) is 12.8 Å². The van der Waals surface area contributed by atoms with Gasteiger partial charge in [-0.1, -0.05) is 0 Å². The average molecular weight is 444 g/mol. The van der Waals surface area contributed by atoms with E-state index >= 15 is 0 Å². The van der Waals surface area contributed by atoms with Gasteiger partial charge in [0, 0.05) is 0 Å². The van der Waals surface area contributed by atoms with Crippen LogP contribution in [0.2, 0.25) is 0 Å². The maximum Gasteiger partial charge on any atom is 0.402 e. The fraction of sp³-hybridized carbons (Fsp3) is 0.900. The van der Waals surface area contributed by atoms with Gasteiger partial charge >= 0.3 is 18.3 Å². The molecule has 8 nitrogen and oxygen atoms in total. The Kier molecular flexibility index (Phi) is 9.45. The first-order valence-corrected chi connectivity index (χ1v) is 9.91. The third-order valence-electron chi connectivity index (χ3n) is 2.38. The Morgan fingerprint density at radius 1 is 0.885 bits per heavy atom. The third kappa shape index (κ3) is 13.7. The number of hydrogen-bond donors (Lipinski definition) is 5. The van der Waals surface area contributed by atoms with Gasteiger partial charge in [-0.3, -0.25) is 8.37 Å². The predicted octanol–water partition coefficient (Wildman–Crippen LogP) is 4.10. The number of unbranched alkanes of at least 4 members (excludes halogenated alkanes) is 1. The van der Waals surface area contributed by atoms with Crippen LogP contribution in [0, 0.1) is 0 Å². The third-order valence-corrected chi connectivity index (χ3v) is 4.87. The number of rotatable bonds is 11. The van der Waals surface area contributed by atoms with Crippen molar-refractivity contribution < 1.29 is 62.8 Å². The number of carboxylic acids is 1. The van der Waals surface area contributed by atoms with Crippen molar-refractivity contribution >= 4 is 27.7 Å². The Morgan fingerprint density at radius 2 is 1.35 bits per heavy atom. The van der Waals surface area contributed by atoms with Crippen LogP contribution in [0.4, 0.5) is 26.3 Å². The highest BCUT2D eigenvalue weighted by Gasteiger charge is 2.41. The highest BCUT2D eigenvalue weighted by Crippen LogP contribution is 2.47. The van der Waals surface area contributed by atoms with Crippen molar-refractivity contribution in [2.45, 2.75) is 37.7 Å². The Labute approximate surface area is 147 Å². The Balaban J connectivity index is 4.37. The van der Waals surface area contributed by atoms with Crippen LogP contribution in [-0.4, -0.2) is 65.9 Å². The molecular formula is C10H18F6O8S2. The fourth-order valence-electron chi connectivity index (χ4n) is 1.53. The molecule has 0 aliphatic heterocycles.